The van der Waals surface area contributed by atoms with Crippen LogP contribution in [0.3, 0.4) is 0 Å². The number of amides is 1. The lowest BCUT2D eigenvalue weighted by molar-refractivity contribution is -0.384. The molecule has 3 aromatic rings. The highest BCUT2D eigenvalue weighted by Gasteiger charge is 2.29. The van der Waals surface area contributed by atoms with E-state index >= 15 is 0 Å². The molecule has 0 spiro atoms. The van der Waals surface area contributed by atoms with Crippen LogP contribution in [-0.4, -0.2) is 48.6 Å². The Balaban J connectivity index is 1.63. The zero-order valence-electron chi connectivity index (χ0n) is 14.6. The Morgan fingerprint density at radius 1 is 1.44 bits per heavy atom. The predicted molar refractivity (Wildman–Crippen MR) is 101 cm³/mol. The second-order valence-corrected chi connectivity index (χ2v) is 7.11. The molecule has 4 rings (SSSR count). The van der Waals surface area contributed by atoms with Gasteiger partial charge in [-0.05, 0) is 31.1 Å². The normalized spacial score (nSPS) is 17.4. The lowest BCUT2D eigenvalue weighted by atomic mass is 9.96. The van der Waals surface area contributed by atoms with Gasteiger partial charge in [-0.3, -0.25) is 20.0 Å². The number of non-ortho nitro benzene ring substituents is 1. The summed E-state index contributed by atoms with van der Waals surface area (Å²) in [6.45, 7) is 1.18. The summed E-state index contributed by atoms with van der Waals surface area (Å²) in [5.74, 6) is 0.801. The van der Waals surface area contributed by atoms with E-state index in [0.29, 0.717) is 34.3 Å². The summed E-state index contributed by atoms with van der Waals surface area (Å²) in [4.78, 5) is 28.5. The maximum absolute atomic E-state index is 13.1. The van der Waals surface area contributed by atoms with Gasteiger partial charge in [-0.25, -0.2) is 0 Å². The van der Waals surface area contributed by atoms with Crippen LogP contribution in [0.5, 0.6) is 0 Å². The van der Waals surface area contributed by atoms with Crippen LogP contribution in [0, 0.1) is 14.9 Å². The molecule has 0 saturated carbocycles. The molecule has 0 aliphatic carbocycles. The van der Waals surface area contributed by atoms with Gasteiger partial charge in [-0.1, -0.05) is 0 Å². The molecule has 1 aliphatic heterocycles. The van der Waals surface area contributed by atoms with Crippen molar-refractivity contribution >= 4 is 34.7 Å². The lowest BCUT2D eigenvalue weighted by Crippen LogP contribution is -2.39. The highest BCUT2D eigenvalue weighted by atomic mass is 32.1. The first-order valence-electron chi connectivity index (χ1n) is 8.62. The van der Waals surface area contributed by atoms with Gasteiger partial charge in [-0.15, -0.1) is 0 Å². The Kier molecular flexibility index (Phi) is 4.27. The van der Waals surface area contributed by atoms with Crippen molar-refractivity contribution in [3.05, 3.63) is 50.7 Å². The highest BCUT2D eigenvalue weighted by molar-refractivity contribution is 7.71. The van der Waals surface area contributed by atoms with Gasteiger partial charge in [0.2, 0.25) is 0 Å². The molecule has 140 valence electrons. The van der Waals surface area contributed by atoms with Crippen molar-refractivity contribution in [2.24, 2.45) is 7.05 Å². The number of likely N-dealkylation sites (tertiary alicyclic amines) is 1. The number of H-pyrrole nitrogens is 2. The molecule has 2 aromatic heterocycles. The zero-order chi connectivity index (χ0) is 19.1. The molecular formula is C17H18N6O3S. The van der Waals surface area contributed by atoms with E-state index in [1.54, 1.807) is 17.2 Å². The number of rotatable bonds is 3. The number of nitro groups is 1. The number of hydrogen-bond donors (Lipinski definition) is 2. The van der Waals surface area contributed by atoms with E-state index in [2.05, 4.69) is 15.2 Å². The fourth-order valence-electron chi connectivity index (χ4n) is 3.67. The van der Waals surface area contributed by atoms with Gasteiger partial charge in [0.15, 0.2) is 4.77 Å². The first-order chi connectivity index (χ1) is 13.0. The molecule has 10 heteroatoms. The summed E-state index contributed by atoms with van der Waals surface area (Å²) in [5, 5.41) is 18.7. The number of fused-ring (bicyclic) bond motifs is 1. The fourth-order valence-corrected chi connectivity index (χ4v) is 3.81. The van der Waals surface area contributed by atoms with Crippen LogP contribution < -0.4 is 0 Å². The first-order valence-corrected chi connectivity index (χ1v) is 9.02. The third-order valence-corrected chi connectivity index (χ3v) is 5.46. The summed E-state index contributed by atoms with van der Waals surface area (Å²) < 4.78 is 2.39. The molecule has 2 N–H and O–H groups in total. The quantitative estimate of drug-likeness (QED) is 0.408. The van der Waals surface area contributed by atoms with E-state index in [9.17, 15) is 14.9 Å². The Hall–Kier alpha value is -3.01. The minimum atomic E-state index is -0.457. The average Bonchev–Trinajstić information content (AvgIpc) is 3.24. The lowest BCUT2D eigenvalue weighted by Gasteiger charge is -2.32. The van der Waals surface area contributed by atoms with E-state index in [1.165, 1.54) is 12.1 Å². The van der Waals surface area contributed by atoms with Crippen molar-refractivity contribution in [1.82, 2.24) is 24.6 Å². The number of piperidine rings is 1. The number of nitrogens with zero attached hydrogens (tertiary/aromatic N) is 4. The van der Waals surface area contributed by atoms with Gasteiger partial charge in [0.25, 0.3) is 11.6 Å². The highest BCUT2D eigenvalue weighted by Crippen LogP contribution is 2.29. The van der Waals surface area contributed by atoms with Gasteiger partial charge in [0.1, 0.15) is 5.82 Å². The summed E-state index contributed by atoms with van der Waals surface area (Å²) in [6, 6.07) is 4.49. The van der Waals surface area contributed by atoms with Crippen molar-refractivity contribution < 1.29 is 9.72 Å². The molecule has 3 heterocycles. The van der Waals surface area contributed by atoms with Crippen molar-refractivity contribution in [2.75, 3.05) is 13.1 Å². The van der Waals surface area contributed by atoms with Gasteiger partial charge in [0, 0.05) is 55.3 Å². The van der Waals surface area contributed by atoms with Gasteiger partial charge in [-0.2, -0.15) is 5.10 Å². The van der Waals surface area contributed by atoms with Gasteiger partial charge < -0.3 is 14.5 Å². The molecule has 1 amide bonds. The number of aromatic amines is 2. The van der Waals surface area contributed by atoms with Crippen LogP contribution in [0.4, 0.5) is 5.69 Å². The van der Waals surface area contributed by atoms with Gasteiger partial charge >= 0.3 is 0 Å². The molecule has 27 heavy (non-hydrogen) atoms. The molecule has 1 saturated heterocycles. The molecule has 1 fully saturated rings. The monoisotopic (exact) mass is 386 g/mol. The van der Waals surface area contributed by atoms with E-state index in [0.717, 1.165) is 18.7 Å². The van der Waals surface area contributed by atoms with Gasteiger partial charge in [0.05, 0.1) is 10.5 Å². The average molecular weight is 386 g/mol. The zero-order valence-corrected chi connectivity index (χ0v) is 15.5. The molecular weight excluding hydrogens is 368 g/mol. The predicted octanol–water partition coefficient (Wildman–Crippen LogP) is 2.89. The molecule has 1 atom stereocenters. The number of nitro benzene ring substituents is 1. The van der Waals surface area contributed by atoms with Crippen LogP contribution in [0.25, 0.3) is 10.9 Å². The number of nitrogens with one attached hydrogen (secondary N) is 2. The first kappa shape index (κ1) is 17.4. The number of hydrogen-bond acceptors (Lipinski definition) is 5. The summed E-state index contributed by atoms with van der Waals surface area (Å²) in [6.07, 6.45) is 3.41. The standard InChI is InChI=1S/C17H18N6O3S/c1-21-15(19-20-17(21)27)10-3-2-6-22(9-10)16(24)13-8-18-14-5-4-11(23(25)26)7-12(13)14/h4-5,7-8,10,18H,2-3,6,9H2,1H3,(H,20,27). The van der Waals surface area contributed by atoms with E-state index < -0.39 is 4.92 Å². The molecule has 1 aromatic carbocycles. The number of carbonyl (C=O) groups excluding carboxylic acids is 1. The van der Waals surface area contributed by atoms with Crippen molar-refractivity contribution in [3.63, 3.8) is 0 Å². The molecule has 1 aliphatic rings. The van der Waals surface area contributed by atoms with E-state index in [-0.39, 0.29) is 17.5 Å². The smallest absolute Gasteiger partial charge is 0.270 e. The Labute approximate surface area is 159 Å². The van der Waals surface area contributed by atoms with Crippen molar-refractivity contribution in [3.8, 4) is 0 Å². The minimum Gasteiger partial charge on any atom is -0.360 e. The molecule has 9 nitrogen and oxygen atoms in total. The Morgan fingerprint density at radius 3 is 2.96 bits per heavy atom. The van der Waals surface area contributed by atoms with E-state index in [4.69, 9.17) is 12.2 Å². The van der Waals surface area contributed by atoms with Crippen molar-refractivity contribution in [2.45, 2.75) is 18.8 Å². The van der Waals surface area contributed by atoms with Crippen LogP contribution in [0.1, 0.15) is 34.9 Å². The minimum absolute atomic E-state index is 0.0332. The molecule has 0 bridgehead atoms. The van der Waals surface area contributed by atoms with E-state index in [1.807, 2.05) is 11.6 Å². The summed E-state index contributed by atoms with van der Waals surface area (Å²) in [7, 11) is 1.86. The summed E-state index contributed by atoms with van der Waals surface area (Å²) >= 11 is 5.18. The second kappa shape index (κ2) is 6.62. The second-order valence-electron chi connectivity index (χ2n) is 6.73. The SMILES string of the molecule is Cn1c(C2CCCN(C(=O)c3c[nH]c4ccc([N+](=O)[O-])cc34)C2)n[nH]c1=S. The maximum Gasteiger partial charge on any atom is 0.270 e. The van der Waals surface area contributed by atoms with Crippen LogP contribution >= 0.6 is 12.2 Å². The number of carbonyl (C=O) groups is 1. The Morgan fingerprint density at radius 2 is 2.26 bits per heavy atom. The third kappa shape index (κ3) is 3.01. The van der Waals surface area contributed by atoms with Crippen LogP contribution in [-0.2, 0) is 7.05 Å². The molecule has 0 radical (unpaired) electrons. The van der Waals surface area contributed by atoms with Crippen molar-refractivity contribution in [1.29, 1.82) is 0 Å². The van der Waals surface area contributed by atoms with Crippen LogP contribution in [0.2, 0.25) is 0 Å². The Bertz CT molecular complexity index is 1100. The fraction of sp³-hybridized carbons (Fsp3) is 0.353. The maximum atomic E-state index is 13.1. The topological polar surface area (TPSA) is 113 Å². The third-order valence-electron chi connectivity index (χ3n) is 5.09. The number of aromatic nitrogens is 4. The van der Waals surface area contributed by atoms with Crippen LogP contribution in [0.15, 0.2) is 24.4 Å². The molecule has 1 unspecified atom stereocenters. The largest absolute Gasteiger partial charge is 0.360 e. The number of benzene rings is 1. The summed E-state index contributed by atoms with van der Waals surface area (Å²) in [5.41, 5.74) is 1.12.